The van der Waals surface area contributed by atoms with Crippen LogP contribution < -0.4 is 21.4 Å². The second kappa shape index (κ2) is 11.6. The summed E-state index contributed by atoms with van der Waals surface area (Å²) in [5.74, 6) is -5.67. The number of benzene rings is 4. The highest BCUT2D eigenvalue weighted by molar-refractivity contribution is 6.20. The van der Waals surface area contributed by atoms with Gasteiger partial charge in [-0.2, -0.15) is 0 Å². The molecule has 0 saturated carbocycles. The second-order valence-corrected chi connectivity index (χ2v) is 15.0. The highest BCUT2D eigenvalue weighted by Crippen LogP contribution is 2.33. The fourth-order valence-electron chi connectivity index (χ4n) is 8.82. The average Bonchev–Trinajstić information content (AvgIpc) is 4.08. The van der Waals surface area contributed by atoms with Crippen molar-refractivity contribution in [1.29, 1.82) is 0 Å². The van der Waals surface area contributed by atoms with E-state index in [0.717, 1.165) is 0 Å². The first-order valence-electron chi connectivity index (χ1n) is 18.5. The van der Waals surface area contributed by atoms with Crippen molar-refractivity contribution >= 4 is 116 Å². The zero-order valence-corrected chi connectivity index (χ0v) is 30.9. The molecule has 61 heavy (non-hydrogen) atoms. The minimum atomic E-state index is -0.863. The van der Waals surface area contributed by atoms with Gasteiger partial charge in [-0.05, 0) is 85.3 Å². The minimum absolute atomic E-state index is 0.0545. The van der Waals surface area contributed by atoms with Gasteiger partial charge in [0.2, 0.25) is 0 Å². The first-order chi connectivity index (χ1) is 29.4. The van der Waals surface area contributed by atoms with Gasteiger partial charge in [0, 0.05) is 87.3 Å². The lowest BCUT2D eigenvalue weighted by Gasteiger charge is -2.04. The van der Waals surface area contributed by atoms with E-state index < -0.39 is 41.8 Å². The van der Waals surface area contributed by atoms with E-state index in [2.05, 4.69) is 19.9 Å². The fraction of sp³-hybridized carbons (Fsp3) is 0.0222. The van der Waals surface area contributed by atoms with E-state index in [9.17, 15) is 38.4 Å². The summed E-state index contributed by atoms with van der Waals surface area (Å²) in [4.78, 5) is 115. The number of cyclic esters (lactones) is 6. The van der Waals surface area contributed by atoms with Crippen LogP contribution in [-0.2, 0) is 23.7 Å². The number of hydrogen-bond acceptors (Lipinski definition) is 12. The third-order valence-corrected chi connectivity index (χ3v) is 11.6. The maximum atomic E-state index is 13.0. The summed E-state index contributed by atoms with van der Waals surface area (Å²) >= 11 is 0. The monoisotopic (exact) mass is 808 g/mol. The van der Waals surface area contributed by atoms with Crippen LogP contribution in [0.2, 0.25) is 0 Å². The summed E-state index contributed by atoms with van der Waals surface area (Å²) in [6.45, 7) is 1.75. The van der Waals surface area contributed by atoms with Crippen molar-refractivity contribution < 1.29 is 57.3 Å². The Morgan fingerprint density at radius 2 is 0.738 bits per heavy atom. The highest BCUT2D eigenvalue weighted by Gasteiger charge is 2.34. The van der Waals surface area contributed by atoms with E-state index in [1.54, 1.807) is 79.8 Å². The second-order valence-electron chi connectivity index (χ2n) is 15.0. The fourth-order valence-corrected chi connectivity index (χ4v) is 8.82. The lowest BCUT2D eigenvalue weighted by Crippen LogP contribution is -2.11. The molecule has 16 nitrogen and oxygen atoms in total. The molecule has 16 heteroatoms. The summed E-state index contributed by atoms with van der Waals surface area (Å²) in [6.07, 6.45) is 7.08. The van der Waals surface area contributed by atoms with Gasteiger partial charge in [-0.25, -0.2) is 33.6 Å². The molecule has 4 aromatic carbocycles. The lowest BCUT2D eigenvalue weighted by molar-refractivity contribution is -0.123. The Labute approximate surface area is 336 Å². The first kappa shape index (κ1) is 34.1. The molecule has 0 spiro atoms. The summed E-state index contributed by atoms with van der Waals surface area (Å²) in [6, 6.07) is 12.7. The van der Waals surface area contributed by atoms with E-state index in [4.69, 9.17) is 18.9 Å². The number of H-pyrrole nitrogens is 4. The largest absolute Gasteiger partial charge is 0.392 e. The van der Waals surface area contributed by atoms with E-state index >= 15 is 0 Å². The molecule has 4 aromatic heterocycles. The van der Waals surface area contributed by atoms with E-state index in [-0.39, 0.29) is 45.4 Å². The number of ether oxygens (including phenoxy) is 4. The van der Waals surface area contributed by atoms with Gasteiger partial charge in [-0.3, -0.25) is 4.79 Å². The summed E-state index contributed by atoms with van der Waals surface area (Å²) in [7, 11) is 0. The number of carbonyl (C=O) groups is 8. The Morgan fingerprint density at radius 3 is 1.07 bits per heavy atom. The number of aryl methyl sites for hydroxylation is 1. The number of aromatic nitrogens is 4. The van der Waals surface area contributed by atoms with Gasteiger partial charge in [0.15, 0.2) is 0 Å². The first-order valence-corrected chi connectivity index (χ1v) is 18.5. The van der Waals surface area contributed by atoms with Crippen molar-refractivity contribution in [1.82, 2.24) is 19.9 Å². The third-order valence-electron chi connectivity index (χ3n) is 11.6. The molecule has 8 bridgehead atoms. The van der Waals surface area contributed by atoms with Crippen molar-refractivity contribution in [2.24, 2.45) is 0 Å². The smallest absolute Gasteiger partial charge is 0.346 e. The van der Waals surface area contributed by atoms with Gasteiger partial charge in [-0.1, -0.05) is 0 Å². The Balaban J connectivity index is 1.27. The number of hydrogen-bond donors (Lipinski definition) is 4. The van der Waals surface area contributed by atoms with Gasteiger partial charge >= 0.3 is 48.3 Å². The molecule has 0 amide bonds. The molecule has 4 N–H and O–H groups in total. The molecule has 0 radical (unpaired) electrons. The number of carbonyl (C=O) groups excluding carboxylic acids is 8. The van der Waals surface area contributed by atoms with Crippen LogP contribution in [0, 0.1) is 6.92 Å². The number of nitrogens with one attached hydrogen (secondary N) is 4. The molecule has 4 aliphatic rings. The number of esters is 7. The third kappa shape index (κ3) is 4.68. The number of fused-ring (bicyclic) bond motifs is 23. The quantitative estimate of drug-likeness (QED) is 0.0854. The van der Waals surface area contributed by atoms with Crippen LogP contribution in [0.5, 0.6) is 0 Å². The van der Waals surface area contributed by atoms with Crippen LogP contribution in [0.15, 0.2) is 48.5 Å². The van der Waals surface area contributed by atoms with Crippen LogP contribution in [-0.4, -0.2) is 68.2 Å². The maximum Gasteiger partial charge on any atom is 0.346 e. The van der Waals surface area contributed by atoms with E-state index in [1.807, 2.05) is 0 Å². The molecule has 8 aromatic rings. The number of aromatic amines is 4. The SMILES string of the molecule is Cc1cc2c3[nH]c(c2cc1C(=O)OC=O)C=c1[nH]c(c2cc4c(cc12)C(=O)OC4=O)=Cc1[nH]c(c2cc4c(cc12)C(=O)OC4=O)C=c1[nH]c(c2cc4c(cc12)C(=O)OC4=O)=C3. The maximum absolute atomic E-state index is 13.0. The van der Waals surface area contributed by atoms with Crippen LogP contribution in [0.4, 0.5) is 0 Å². The number of rotatable bonds is 2. The van der Waals surface area contributed by atoms with Gasteiger partial charge in [-0.15, -0.1) is 0 Å². The van der Waals surface area contributed by atoms with Crippen molar-refractivity contribution in [2.45, 2.75) is 6.92 Å². The molecule has 0 fully saturated rings. The predicted molar refractivity (Wildman–Crippen MR) is 211 cm³/mol. The van der Waals surface area contributed by atoms with Gasteiger partial charge < -0.3 is 38.9 Å². The summed E-state index contributed by atoms with van der Waals surface area (Å²) < 4.78 is 19.6. The highest BCUT2D eigenvalue weighted by atomic mass is 16.6. The van der Waals surface area contributed by atoms with Gasteiger partial charge in [0.25, 0.3) is 0 Å². The molecule has 12 rings (SSSR count). The van der Waals surface area contributed by atoms with Crippen molar-refractivity contribution in [3.05, 3.63) is 137 Å². The van der Waals surface area contributed by atoms with Gasteiger partial charge in [0.05, 0.1) is 38.9 Å². The molecule has 0 unspecified atom stereocenters. The van der Waals surface area contributed by atoms with Crippen LogP contribution in [0.25, 0.3) is 67.4 Å². The molecule has 0 saturated heterocycles. The topological polar surface area (TPSA) is 237 Å². The van der Waals surface area contributed by atoms with Crippen LogP contribution in [0.3, 0.4) is 0 Å². The van der Waals surface area contributed by atoms with Crippen molar-refractivity contribution in [2.75, 3.05) is 0 Å². The molecule has 0 atom stereocenters. The van der Waals surface area contributed by atoms with Crippen molar-refractivity contribution in [3.8, 4) is 0 Å². The van der Waals surface area contributed by atoms with E-state index in [0.29, 0.717) is 92.8 Å². The van der Waals surface area contributed by atoms with Crippen molar-refractivity contribution in [3.63, 3.8) is 0 Å². The van der Waals surface area contributed by atoms with E-state index in [1.165, 1.54) is 0 Å². The Kier molecular flexibility index (Phi) is 6.50. The lowest BCUT2D eigenvalue weighted by atomic mass is 10.0. The Hall–Kier alpha value is -8.92. The summed E-state index contributed by atoms with van der Waals surface area (Å²) in [5, 5.41) is 6.30. The molecule has 0 aliphatic carbocycles. The molecular weight excluding hydrogens is 789 g/mol. The molecule has 292 valence electrons. The summed E-state index contributed by atoms with van der Waals surface area (Å²) in [5.41, 5.74) is 3.02. The standard InChI is InChI=1S/C45H20N4O12/c1-15-2-17-18(3-16(15)39(51)58-14-50)32-11-34-21-6-27-28(43(55)60-42(27)54)7-22(21)36(48-34)13-38-24-9-30-29(44(56)61-45(30)57)8-23(24)37(49-38)12-35-20-5-26-25(40(52)59-41(26)53)4-19(20)33(47-35)10-31(17)46-32/h2-14,46-49H,1H3. The van der Waals surface area contributed by atoms with Crippen LogP contribution >= 0.6 is 0 Å². The predicted octanol–water partition coefficient (Wildman–Crippen LogP) is 2.79. The zero-order chi connectivity index (χ0) is 41.7. The Bertz CT molecular complexity index is 3890. The molecule has 4 aliphatic heterocycles. The normalized spacial score (nSPS) is 14.9. The molecule has 8 heterocycles. The minimum Gasteiger partial charge on any atom is -0.392 e. The average molecular weight is 809 g/mol. The zero-order valence-electron chi connectivity index (χ0n) is 30.9. The van der Waals surface area contributed by atoms with Crippen LogP contribution in [0.1, 0.15) is 101 Å². The van der Waals surface area contributed by atoms with Gasteiger partial charge in [0.1, 0.15) is 0 Å². The molecular formula is C45H20N4O12. The Morgan fingerprint density at radius 1 is 0.443 bits per heavy atom.